The Morgan fingerprint density at radius 3 is 1.51 bits per heavy atom. The summed E-state index contributed by atoms with van der Waals surface area (Å²) in [6.07, 6.45) is 0. The molecular formula is C46H30N2O3. The van der Waals surface area contributed by atoms with Gasteiger partial charge in [-0.2, -0.15) is 0 Å². The Hall–Kier alpha value is -6.98. The van der Waals surface area contributed by atoms with Crippen LogP contribution in [0.5, 0.6) is 0 Å². The number of furan rings is 3. The minimum Gasteiger partial charge on any atom is -0.456 e. The van der Waals surface area contributed by atoms with Gasteiger partial charge in [0.15, 0.2) is 0 Å². The van der Waals surface area contributed by atoms with E-state index >= 15 is 0 Å². The van der Waals surface area contributed by atoms with E-state index < -0.39 is 0 Å². The first-order valence-corrected chi connectivity index (χ1v) is 17.0. The van der Waals surface area contributed by atoms with E-state index in [1.54, 1.807) is 0 Å². The fraction of sp³-hybridized carbons (Fsp3) is 0. The van der Waals surface area contributed by atoms with Gasteiger partial charge in [-0.3, -0.25) is 0 Å². The summed E-state index contributed by atoms with van der Waals surface area (Å²) in [7, 11) is 0. The number of hydrogen-bond acceptors (Lipinski definition) is 5. The van der Waals surface area contributed by atoms with Gasteiger partial charge in [-0.05, 0) is 109 Å². The molecule has 0 saturated carbocycles. The molecular weight excluding hydrogens is 629 g/mol. The van der Waals surface area contributed by atoms with E-state index in [0.29, 0.717) is 5.69 Å². The smallest absolute Gasteiger partial charge is 0.147 e. The first-order chi connectivity index (χ1) is 25.2. The molecule has 0 spiro atoms. The zero-order chi connectivity index (χ0) is 33.9. The van der Waals surface area contributed by atoms with Crippen LogP contribution >= 0.6 is 0 Å². The highest BCUT2D eigenvalue weighted by Gasteiger charge is 2.22. The number of nitrogens with two attached hydrogens (primary N) is 1. The van der Waals surface area contributed by atoms with Crippen molar-refractivity contribution in [1.82, 2.24) is 0 Å². The van der Waals surface area contributed by atoms with Crippen LogP contribution in [0, 0.1) is 0 Å². The van der Waals surface area contributed by atoms with Gasteiger partial charge in [0, 0.05) is 55.6 Å². The molecule has 0 fully saturated rings. The lowest BCUT2D eigenvalue weighted by Gasteiger charge is -2.25. The zero-order valence-electron chi connectivity index (χ0n) is 27.4. The molecule has 2 N–H and O–H groups in total. The van der Waals surface area contributed by atoms with Gasteiger partial charge in [0.2, 0.25) is 0 Å². The van der Waals surface area contributed by atoms with Crippen LogP contribution in [-0.4, -0.2) is 0 Å². The van der Waals surface area contributed by atoms with E-state index in [0.717, 1.165) is 94.7 Å². The van der Waals surface area contributed by atoms with Crippen LogP contribution in [0.2, 0.25) is 0 Å². The molecule has 0 atom stereocenters. The van der Waals surface area contributed by atoms with Crippen molar-refractivity contribution in [3.63, 3.8) is 0 Å². The lowest BCUT2D eigenvalue weighted by Crippen LogP contribution is -2.09. The predicted octanol–water partition coefficient (Wildman–Crippen LogP) is 13.1. The number of anilines is 4. The Bertz CT molecular complexity index is 2790. The van der Waals surface area contributed by atoms with Crippen LogP contribution in [0.4, 0.5) is 22.7 Å². The molecule has 5 heteroatoms. The minimum atomic E-state index is 0.711. The molecule has 0 amide bonds. The van der Waals surface area contributed by atoms with Gasteiger partial charge in [-0.15, -0.1) is 0 Å². The summed E-state index contributed by atoms with van der Waals surface area (Å²) in [5, 5.41) is 4.94. The third-order valence-electron chi connectivity index (χ3n) is 9.62. The zero-order valence-corrected chi connectivity index (χ0v) is 27.4. The molecule has 10 rings (SSSR count). The molecule has 0 aliphatic rings. The van der Waals surface area contributed by atoms with E-state index in [2.05, 4.69) is 114 Å². The normalized spacial score (nSPS) is 11.6. The predicted molar refractivity (Wildman–Crippen MR) is 209 cm³/mol. The van der Waals surface area contributed by atoms with Gasteiger partial charge in [-0.1, -0.05) is 66.7 Å². The summed E-state index contributed by atoms with van der Waals surface area (Å²) < 4.78 is 19.9. The fourth-order valence-corrected chi connectivity index (χ4v) is 7.17. The molecule has 51 heavy (non-hydrogen) atoms. The highest BCUT2D eigenvalue weighted by molar-refractivity contribution is 6.29. The average molecular weight is 659 g/mol. The Morgan fingerprint density at radius 2 is 0.863 bits per heavy atom. The van der Waals surface area contributed by atoms with E-state index in [9.17, 15) is 0 Å². The highest BCUT2D eigenvalue weighted by Crippen LogP contribution is 2.46. The number of benzene rings is 7. The maximum absolute atomic E-state index is 6.73. The van der Waals surface area contributed by atoms with Crippen molar-refractivity contribution in [3.05, 3.63) is 170 Å². The van der Waals surface area contributed by atoms with Crippen molar-refractivity contribution >= 4 is 66.4 Å². The molecule has 7 aromatic carbocycles. The molecule has 0 radical (unpaired) electrons. The minimum absolute atomic E-state index is 0.711. The molecule has 0 aliphatic carbocycles. The summed E-state index contributed by atoms with van der Waals surface area (Å²) in [4.78, 5) is 2.25. The van der Waals surface area contributed by atoms with Crippen LogP contribution in [0.15, 0.2) is 183 Å². The van der Waals surface area contributed by atoms with Crippen molar-refractivity contribution < 1.29 is 13.3 Å². The van der Waals surface area contributed by atoms with Crippen molar-refractivity contribution in [2.45, 2.75) is 0 Å². The Kier molecular flexibility index (Phi) is 6.58. The summed E-state index contributed by atoms with van der Waals surface area (Å²) in [5.74, 6) is 2.34. The SMILES string of the molecule is Nc1ccc(-c2cc3c4ccc5oc(-c6ccc(N(c7ccccc7)c7ccccc7)cc6)cc5c4c4oc(-c5ccccc5)cc4c3o2)cc1. The number of nitrogen functional groups attached to an aromatic ring is 1. The number of hydrogen-bond donors (Lipinski definition) is 1. The largest absolute Gasteiger partial charge is 0.456 e. The van der Waals surface area contributed by atoms with E-state index in [1.165, 1.54) is 0 Å². The number of para-hydroxylation sites is 2. The second kappa shape index (κ2) is 11.6. The summed E-state index contributed by atoms with van der Waals surface area (Å²) in [5.41, 5.74) is 15.2. The lowest BCUT2D eigenvalue weighted by atomic mass is 9.99. The van der Waals surface area contributed by atoms with Gasteiger partial charge >= 0.3 is 0 Å². The molecule has 0 aliphatic heterocycles. The Labute approximate surface area is 293 Å². The Balaban J connectivity index is 1.14. The van der Waals surface area contributed by atoms with Crippen molar-refractivity contribution in [2.24, 2.45) is 0 Å². The average Bonchev–Trinajstić information content (AvgIpc) is 3.94. The van der Waals surface area contributed by atoms with Crippen molar-refractivity contribution in [1.29, 1.82) is 0 Å². The maximum atomic E-state index is 6.73. The van der Waals surface area contributed by atoms with Crippen molar-refractivity contribution in [3.8, 4) is 34.0 Å². The van der Waals surface area contributed by atoms with Crippen LogP contribution in [-0.2, 0) is 0 Å². The maximum Gasteiger partial charge on any atom is 0.147 e. The van der Waals surface area contributed by atoms with Crippen LogP contribution in [0.25, 0.3) is 77.7 Å². The molecule has 10 aromatic rings. The molecule has 0 saturated heterocycles. The second-order valence-corrected chi connectivity index (χ2v) is 12.8. The summed E-state index contributed by atoms with van der Waals surface area (Å²) >= 11 is 0. The van der Waals surface area contributed by atoms with E-state index in [1.807, 2.05) is 60.7 Å². The number of nitrogens with zero attached hydrogens (tertiary/aromatic N) is 1. The van der Waals surface area contributed by atoms with E-state index in [4.69, 9.17) is 19.0 Å². The quantitative estimate of drug-likeness (QED) is 0.180. The lowest BCUT2D eigenvalue weighted by molar-refractivity contribution is 0.628. The van der Waals surface area contributed by atoms with Crippen molar-refractivity contribution in [2.75, 3.05) is 10.6 Å². The summed E-state index contributed by atoms with van der Waals surface area (Å²) in [6, 6.07) is 57.8. The third kappa shape index (κ3) is 4.86. The fourth-order valence-electron chi connectivity index (χ4n) is 7.17. The molecule has 242 valence electrons. The summed E-state index contributed by atoms with van der Waals surface area (Å²) in [6.45, 7) is 0. The van der Waals surface area contributed by atoms with Crippen LogP contribution in [0.1, 0.15) is 0 Å². The number of rotatable bonds is 6. The van der Waals surface area contributed by atoms with Gasteiger partial charge in [0.25, 0.3) is 0 Å². The van der Waals surface area contributed by atoms with Gasteiger partial charge in [0.05, 0.1) is 5.39 Å². The molecule has 5 nitrogen and oxygen atoms in total. The van der Waals surface area contributed by atoms with Gasteiger partial charge in [-0.25, -0.2) is 0 Å². The van der Waals surface area contributed by atoms with Gasteiger partial charge in [0.1, 0.15) is 34.0 Å². The third-order valence-corrected chi connectivity index (χ3v) is 9.62. The molecule has 3 heterocycles. The number of fused-ring (bicyclic) bond motifs is 8. The molecule has 3 aromatic heterocycles. The van der Waals surface area contributed by atoms with E-state index in [-0.39, 0.29) is 0 Å². The van der Waals surface area contributed by atoms with Gasteiger partial charge < -0.3 is 23.9 Å². The first kappa shape index (κ1) is 29.0. The highest BCUT2D eigenvalue weighted by atomic mass is 16.4. The Morgan fingerprint density at radius 1 is 0.373 bits per heavy atom. The van der Waals surface area contributed by atoms with Crippen LogP contribution in [0.3, 0.4) is 0 Å². The standard InChI is InChI=1S/C46H30N2O3/c47-32-20-16-30(17-21-32)42-26-37-36-24-25-40-38(44(36)46-39(45(37)50-42)28-43(51-46)29-10-4-1-5-11-29)27-41(49-40)31-18-22-35(23-19-31)48(33-12-6-2-7-13-33)34-14-8-3-9-15-34/h1-28H,47H2. The van der Waals surface area contributed by atoms with Crippen LogP contribution < -0.4 is 10.6 Å². The monoisotopic (exact) mass is 658 g/mol. The molecule has 0 bridgehead atoms. The molecule has 0 unspecified atom stereocenters. The topological polar surface area (TPSA) is 68.7 Å². The second-order valence-electron chi connectivity index (χ2n) is 12.8. The first-order valence-electron chi connectivity index (χ1n) is 17.0.